The molecule has 0 spiro atoms. The fourth-order valence-corrected chi connectivity index (χ4v) is 3.43. The summed E-state index contributed by atoms with van der Waals surface area (Å²) in [7, 11) is 0. The zero-order valence-corrected chi connectivity index (χ0v) is 15.1. The highest BCUT2D eigenvalue weighted by molar-refractivity contribution is 5.96. The number of aromatic nitrogens is 2. The van der Waals surface area contributed by atoms with E-state index >= 15 is 0 Å². The SMILES string of the molecule is CCn1nc(C)c(C(=O)N2CCN(Cc3ccc(F)cc3)CC2)c1C. The van der Waals surface area contributed by atoms with Crippen molar-refractivity contribution < 1.29 is 9.18 Å². The Hall–Kier alpha value is -2.21. The lowest BCUT2D eigenvalue weighted by Gasteiger charge is -2.34. The normalized spacial score (nSPS) is 15.6. The first kappa shape index (κ1) is 17.6. The first-order valence-electron chi connectivity index (χ1n) is 8.79. The number of benzene rings is 1. The maximum atomic E-state index is 13.0. The topological polar surface area (TPSA) is 41.4 Å². The van der Waals surface area contributed by atoms with Crippen molar-refractivity contribution in [2.45, 2.75) is 33.9 Å². The summed E-state index contributed by atoms with van der Waals surface area (Å²) in [5.74, 6) is -0.131. The minimum atomic E-state index is -0.211. The van der Waals surface area contributed by atoms with Crippen molar-refractivity contribution >= 4 is 5.91 Å². The van der Waals surface area contributed by atoms with Crippen LogP contribution in [-0.4, -0.2) is 51.7 Å². The van der Waals surface area contributed by atoms with E-state index in [0.29, 0.717) is 13.1 Å². The van der Waals surface area contributed by atoms with Crippen LogP contribution in [0.25, 0.3) is 0 Å². The molecule has 6 heteroatoms. The summed E-state index contributed by atoms with van der Waals surface area (Å²) in [5.41, 5.74) is 3.59. The van der Waals surface area contributed by atoms with Gasteiger partial charge in [0.25, 0.3) is 5.91 Å². The number of hydrogen-bond acceptors (Lipinski definition) is 3. The molecule has 1 fully saturated rings. The molecule has 0 aliphatic carbocycles. The minimum absolute atomic E-state index is 0.0798. The second-order valence-electron chi connectivity index (χ2n) is 6.56. The van der Waals surface area contributed by atoms with Gasteiger partial charge in [-0.3, -0.25) is 14.4 Å². The molecule has 25 heavy (non-hydrogen) atoms. The average molecular weight is 344 g/mol. The van der Waals surface area contributed by atoms with Crippen LogP contribution >= 0.6 is 0 Å². The summed E-state index contributed by atoms with van der Waals surface area (Å²) in [4.78, 5) is 17.1. The molecule has 0 radical (unpaired) electrons. The van der Waals surface area contributed by atoms with E-state index in [2.05, 4.69) is 10.00 Å². The van der Waals surface area contributed by atoms with Crippen LogP contribution in [-0.2, 0) is 13.1 Å². The van der Waals surface area contributed by atoms with Crippen LogP contribution in [0, 0.1) is 19.7 Å². The maximum Gasteiger partial charge on any atom is 0.257 e. The van der Waals surface area contributed by atoms with Gasteiger partial charge < -0.3 is 4.90 Å². The Morgan fingerprint density at radius 2 is 1.76 bits per heavy atom. The van der Waals surface area contributed by atoms with Crippen LogP contribution in [0.5, 0.6) is 0 Å². The Kier molecular flexibility index (Phi) is 5.18. The number of carbonyl (C=O) groups is 1. The van der Waals surface area contributed by atoms with E-state index in [1.807, 2.05) is 42.5 Å². The molecule has 2 heterocycles. The molecule has 0 saturated carbocycles. The van der Waals surface area contributed by atoms with E-state index in [1.165, 1.54) is 12.1 Å². The van der Waals surface area contributed by atoms with Crippen molar-refractivity contribution in [2.75, 3.05) is 26.2 Å². The van der Waals surface area contributed by atoms with Crippen molar-refractivity contribution in [2.24, 2.45) is 0 Å². The van der Waals surface area contributed by atoms with Gasteiger partial charge in [-0.1, -0.05) is 12.1 Å². The Labute approximate surface area is 148 Å². The van der Waals surface area contributed by atoms with Gasteiger partial charge in [0.1, 0.15) is 5.82 Å². The van der Waals surface area contributed by atoms with Crippen LogP contribution < -0.4 is 0 Å². The number of piperazine rings is 1. The fourth-order valence-electron chi connectivity index (χ4n) is 3.43. The Morgan fingerprint density at radius 3 is 2.32 bits per heavy atom. The minimum Gasteiger partial charge on any atom is -0.336 e. The highest BCUT2D eigenvalue weighted by atomic mass is 19.1. The number of halogens is 1. The lowest BCUT2D eigenvalue weighted by Crippen LogP contribution is -2.48. The van der Waals surface area contributed by atoms with Crippen LogP contribution in [0.3, 0.4) is 0 Å². The number of nitrogens with zero attached hydrogens (tertiary/aromatic N) is 4. The third-order valence-electron chi connectivity index (χ3n) is 4.87. The van der Waals surface area contributed by atoms with Crippen molar-refractivity contribution in [1.82, 2.24) is 19.6 Å². The zero-order chi connectivity index (χ0) is 18.0. The summed E-state index contributed by atoms with van der Waals surface area (Å²) in [5, 5.41) is 4.45. The van der Waals surface area contributed by atoms with Gasteiger partial charge in [0.15, 0.2) is 0 Å². The summed E-state index contributed by atoms with van der Waals surface area (Å²) in [6.45, 7) is 10.5. The van der Waals surface area contributed by atoms with Gasteiger partial charge in [-0.2, -0.15) is 5.10 Å². The maximum absolute atomic E-state index is 13.0. The van der Waals surface area contributed by atoms with Crippen molar-refractivity contribution in [3.05, 3.63) is 52.6 Å². The molecule has 1 saturated heterocycles. The average Bonchev–Trinajstić information content (AvgIpc) is 2.91. The molecular weight excluding hydrogens is 319 g/mol. The molecule has 0 unspecified atom stereocenters. The molecule has 1 aromatic carbocycles. The van der Waals surface area contributed by atoms with Crippen molar-refractivity contribution in [3.63, 3.8) is 0 Å². The molecule has 0 N–H and O–H groups in total. The predicted molar refractivity (Wildman–Crippen MR) is 95.0 cm³/mol. The largest absolute Gasteiger partial charge is 0.336 e. The molecule has 0 bridgehead atoms. The quantitative estimate of drug-likeness (QED) is 0.856. The van der Waals surface area contributed by atoms with Crippen molar-refractivity contribution in [3.8, 4) is 0 Å². The van der Waals surface area contributed by atoms with E-state index in [9.17, 15) is 9.18 Å². The highest BCUT2D eigenvalue weighted by Crippen LogP contribution is 2.18. The standard InChI is InChI=1S/C19H25FN4O/c1-4-24-15(3)18(14(2)21-24)19(25)23-11-9-22(10-12-23)13-16-5-7-17(20)8-6-16/h5-8H,4,9-13H2,1-3H3. The lowest BCUT2D eigenvalue weighted by molar-refractivity contribution is 0.0627. The fraction of sp³-hybridized carbons (Fsp3) is 0.474. The number of rotatable bonds is 4. The predicted octanol–water partition coefficient (Wildman–Crippen LogP) is 2.62. The molecule has 3 rings (SSSR count). The first-order chi connectivity index (χ1) is 12.0. The number of amides is 1. The summed E-state index contributed by atoms with van der Waals surface area (Å²) in [6, 6.07) is 6.62. The van der Waals surface area contributed by atoms with Crippen molar-refractivity contribution in [1.29, 1.82) is 0 Å². The molecule has 5 nitrogen and oxygen atoms in total. The molecule has 1 aliphatic heterocycles. The van der Waals surface area contributed by atoms with E-state index < -0.39 is 0 Å². The monoisotopic (exact) mass is 344 g/mol. The zero-order valence-electron chi connectivity index (χ0n) is 15.1. The number of aryl methyl sites for hydroxylation is 2. The van der Waals surface area contributed by atoms with Gasteiger partial charge in [-0.05, 0) is 38.5 Å². The van der Waals surface area contributed by atoms with Gasteiger partial charge in [0.05, 0.1) is 11.3 Å². The molecule has 1 amide bonds. The lowest BCUT2D eigenvalue weighted by atomic mass is 10.1. The van der Waals surface area contributed by atoms with E-state index in [4.69, 9.17) is 0 Å². The van der Waals surface area contributed by atoms with Gasteiger partial charge >= 0.3 is 0 Å². The summed E-state index contributed by atoms with van der Waals surface area (Å²) in [6.07, 6.45) is 0. The van der Waals surface area contributed by atoms with E-state index in [0.717, 1.165) is 48.7 Å². The molecule has 0 atom stereocenters. The smallest absolute Gasteiger partial charge is 0.257 e. The van der Waals surface area contributed by atoms with E-state index in [1.54, 1.807) is 0 Å². The van der Waals surface area contributed by atoms with Crippen LogP contribution in [0.2, 0.25) is 0 Å². The third kappa shape index (κ3) is 3.74. The second kappa shape index (κ2) is 7.35. The summed E-state index contributed by atoms with van der Waals surface area (Å²) >= 11 is 0. The van der Waals surface area contributed by atoms with Gasteiger partial charge in [0.2, 0.25) is 0 Å². The molecule has 2 aromatic rings. The Bertz CT molecular complexity index is 746. The third-order valence-corrected chi connectivity index (χ3v) is 4.87. The van der Waals surface area contributed by atoms with Gasteiger partial charge in [0, 0.05) is 45.0 Å². The van der Waals surface area contributed by atoms with E-state index in [-0.39, 0.29) is 11.7 Å². The van der Waals surface area contributed by atoms with Crippen LogP contribution in [0.4, 0.5) is 4.39 Å². The Balaban J connectivity index is 1.61. The number of carbonyl (C=O) groups excluding carboxylic acids is 1. The highest BCUT2D eigenvalue weighted by Gasteiger charge is 2.26. The first-order valence-corrected chi connectivity index (χ1v) is 8.79. The van der Waals surface area contributed by atoms with Crippen LogP contribution in [0.1, 0.15) is 34.2 Å². The Morgan fingerprint density at radius 1 is 1.12 bits per heavy atom. The van der Waals surface area contributed by atoms with Gasteiger partial charge in [-0.25, -0.2) is 4.39 Å². The molecule has 134 valence electrons. The molecule has 1 aromatic heterocycles. The molecule has 1 aliphatic rings. The molecular formula is C19H25FN4O. The van der Waals surface area contributed by atoms with Gasteiger partial charge in [-0.15, -0.1) is 0 Å². The number of hydrogen-bond donors (Lipinski definition) is 0. The second-order valence-corrected chi connectivity index (χ2v) is 6.56. The van der Waals surface area contributed by atoms with Crippen LogP contribution in [0.15, 0.2) is 24.3 Å². The summed E-state index contributed by atoms with van der Waals surface area (Å²) < 4.78 is 14.9.